The van der Waals surface area contributed by atoms with Crippen molar-refractivity contribution in [3.8, 4) is 0 Å². The average Bonchev–Trinajstić information content (AvgIpc) is 2.71. The first kappa shape index (κ1) is 25.0. The van der Waals surface area contributed by atoms with Crippen LogP contribution in [-0.2, 0) is 4.74 Å². The van der Waals surface area contributed by atoms with Crippen LogP contribution in [0.3, 0.4) is 0 Å². The van der Waals surface area contributed by atoms with Gasteiger partial charge in [-0.3, -0.25) is 0 Å². The fraction of sp³-hybridized carbons (Fsp3) is 0.536. The molecule has 3 heteroatoms. The standard InChI is InChI=1S/C28H42N2O/c1-10-17-31-28(29-26-22(18(2)3)13-11-14-23(26)19(4)5)30-27-24(20(6)7)15-12-16-25(27)21(8)9/h11-16,18-21H,10,17H2,1-9H3,(H,29,30). The van der Waals surface area contributed by atoms with E-state index >= 15 is 0 Å². The third-order valence-corrected chi connectivity index (χ3v) is 5.60. The number of hydrogen-bond donors (Lipinski definition) is 1. The molecule has 2 aromatic carbocycles. The van der Waals surface area contributed by atoms with Gasteiger partial charge in [0, 0.05) is 5.69 Å². The second-order valence-electron chi connectivity index (χ2n) is 9.61. The minimum atomic E-state index is 0.388. The van der Waals surface area contributed by atoms with Crippen molar-refractivity contribution in [1.29, 1.82) is 0 Å². The Balaban J connectivity index is 2.66. The summed E-state index contributed by atoms with van der Waals surface area (Å²) in [7, 11) is 0. The third-order valence-electron chi connectivity index (χ3n) is 5.60. The van der Waals surface area contributed by atoms with Crippen LogP contribution in [0.25, 0.3) is 0 Å². The van der Waals surface area contributed by atoms with Crippen LogP contribution in [0.5, 0.6) is 0 Å². The number of ether oxygens (including phenoxy) is 1. The first-order chi connectivity index (χ1) is 14.7. The van der Waals surface area contributed by atoms with Gasteiger partial charge >= 0.3 is 0 Å². The number of rotatable bonds is 8. The molecule has 0 aliphatic carbocycles. The lowest BCUT2D eigenvalue weighted by atomic mass is 9.92. The third kappa shape index (κ3) is 6.35. The van der Waals surface area contributed by atoms with E-state index in [0.717, 1.165) is 17.8 Å². The van der Waals surface area contributed by atoms with Crippen LogP contribution < -0.4 is 5.32 Å². The normalized spacial score (nSPS) is 12.4. The van der Waals surface area contributed by atoms with Gasteiger partial charge < -0.3 is 10.1 Å². The van der Waals surface area contributed by atoms with Crippen LogP contribution in [0.2, 0.25) is 0 Å². The van der Waals surface area contributed by atoms with E-state index < -0.39 is 0 Å². The summed E-state index contributed by atoms with van der Waals surface area (Å²) in [6.45, 7) is 20.6. The van der Waals surface area contributed by atoms with Crippen molar-refractivity contribution < 1.29 is 4.74 Å². The van der Waals surface area contributed by atoms with E-state index in [0.29, 0.717) is 36.3 Å². The molecule has 0 aliphatic rings. The highest BCUT2D eigenvalue weighted by molar-refractivity contribution is 5.93. The lowest BCUT2D eigenvalue weighted by Gasteiger charge is -2.22. The van der Waals surface area contributed by atoms with Gasteiger partial charge in [0.25, 0.3) is 6.02 Å². The van der Waals surface area contributed by atoms with Gasteiger partial charge in [-0.2, -0.15) is 4.99 Å². The van der Waals surface area contributed by atoms with Crippen molar-refractivity contribution in [1.82, 2.24) is 0 Å². The minimum Gasteiger partial charge on any atom is -0.465 e. The molecule has 0 saturated heterocycles. The van der Waals surface area contributed by atoms with Crippen molar-refractivity contribution in [2.24, 2.45) is 4.99 Å². The maximum atomic E-state index is 6.18. The van der Waals surface area contributed by atoms with Crippen LogP contribution >= 0.6 is 0 Å². The van der Waals surface area contributed by atoms with Gasteiger partial charge in [0.1, 0.15) is 0 Å². The monoisotopic (exact) mass is 422 g/mol. The Bertz CT molecular complexity index is 826. The predicted molar refractivity (Wildman–Crippen MR) is 136 cm³/mol. The molecule has 170 valence electrons. The fourth-order valence-corrected chi connectivity index (χ4v) is 3.84. The summed E-state index contributed by atoms with van der Waals surface area (Å²) in [6, 6.07) is 13.7. The average molecular weight is 423 g/mol. The first-order valence-corrected chi connectivity index (χ1v) is 11.9. The molecule has 0 bridgehead atoms. The Hall–Kier alpha value is -2.29. The number of amidine groups is 1. The molecule has 0 spiro atoms. The molecule has 0 saturated carbocycles. The molecule has 0 atom stereocenters. The maximum absolute atomic E-state index is 6.18. The van der Waals surface area contributed by atoms with Crippen LogP contribution in [0.15, 0.2) is 41.4 Å². The Morgan fingerprint density at radius 3 is 1.55 bits per heavy atom. The van der Waals surface area contributed by atoms with Crippen molar-refractivity contribution in [2.45, 2.75) is 92.4 Å². The van der Waals surface area contributed by atoms with E-state index in [1.165, 1.54) is 22.3 Å². The molecular weight excluding hydrogens is 380 g/mol. The zero-order valence-electron chi connectivity index (χ0n) is 21.0. The van der Waals surface area contributed by atoms with Gasteiger partial charge in [-0.1, -0.05) is 98.7 Å². The van der Waals surface area contributed by atoms with Crippen molar-refractivity contribution in [3.63, 3.8) is 0 Å². The second-order valence-corrected chi connectivity index (χ2v) is 9.61. The second kappa shape index (κ2) is 11.4. The van der Waals surface area contributed by atoms with E-state index in [9.17, 15) is 0 Å². The van der Waals surface area contributed by atoms with Crippen LogP contribution in [-0.4, -0.2) is 12.6 Å². The lowest BCUT2D eigenvalue weighted by molar-refractivity contribution is 0.303. The Kier molecular flexibility index (Phi) is 9.15. The first-order valence-electron chi connectivity index (χ1n) is 11.9. The molecule has 1 N–H and O–H groups in total. The molecule has 0 fully saturated rings. The number of anilines is 1. The van der Waals surface area contributed by atoms with E-state index in [1.807, 2.05) is 0 Å². The van der Waals surface area contributed by atoms with Crippen molar-refractivity contribution in [3.05, 3.63) is 58.7 Å². The fourth-order valence-electron chi connectivity index (χ4n) is 3.84. The summed E-state index contributed by atoms with van der Waals surface area (Å²) in [5, 5.41) is 3.62. The summed E-state index contributed by atoms with van der Waals surface area (Å²) in [5.74, 6) is 1.59. The molecule has 2 aromatic rings. The van der Waals surface area contributed by atoms with E-state index in [4.69, 9.17) is 9.73 Å². The van der Waals surface area contributed by atoms with Gasteiger partial charge in [-0.15, -0.1) is 0 Å². The Morgan fingerprint density at radius 2 is 1.16 bits per heavy atom. The summed E-state index contributed by atoms with van der Waals surface area (Å²) >= 11 is 0. The molecule has 0 heterocycles. The Morgan fingerprint density at radius 1 is 0.742 bits per heavy atom. The molecule has 0 unspecified atom stereocenters. The summed E-state index contributed by atoms with van der Waals surface area (Å²) in [4.78, 5) is 5.12. The Labute approximate surface area is 190 Å². The lowest BCUT2D eigenvalue weighted by Crippen LogP contribution is -2.20. The van der Waals surface area contributed by atoms with Crippen LogP contribution in [0, 0.1) is 0 Å². The molecule has 3 nitrogen and oxygen atoms in total. The smallest absolute Gasteiger partial charge is 0.294 e. The molecule has 0 amide bonds. The van der Waals surface area contributed by atoms with Crippen molar-refractivity contribution in [2.75, 3.05) is 11.9 Å². The quantitative estimate of drug-likeness (QED) is 0.341. The van der Waals surface area contributed by atoms with Gasteiger partial charge in [-0.25, -0.2) is 0 Å². The summed E-state index contributed by atoms with van der Waals surface area (Å²) < 4.78 is 6.18. The van der Waals surface area contributed by atoms with Crippen LogP contribution in [0.1, 0.15) is 115 Å². The number of hydrogen-bond acceptors (Lipinski definition) is 2. The number of nitrogens with zero attached hydrogens (tertiary/aromatic N) is 1. The number of benzene rings is 2. The molecule has 2 rings (SSSR count). The van der Waals surface area contributed by atoms with Gasteiger partial charge in [0.2, 0.25) is 0 Å². The molecule has 0 aromatic heterocycles. The summed E-state index contributed by atoms with van der Waals surface area (Å²) in [6.07, 6.45) is 0.937. The van der Waals surface area contributed by atoms with E-state index in [1.54, 1.807) is 0 Å². The van der Waals surface area contributed by atoms with Gasteiger partial charge in [0.05, 0.1) is 12.3 Å². The number of nitrogens with one attached hydrogen (secondary N) is 1. The van der Waals surface area contributed by atoms with Gasteiger partial charge in [0.15, 0.2) is 0 Å². The highest BCUT2D eigenvalue weighted by Gasteiger charge is 2.18. The molecule has 0 aliphatic heterocycles. The SMILES string of the molecule is CCCOC(=Nc1c(C(C)C)cccc1C(C)C)Nc1c(C(C)C)cccc1C(C)C. The number of para-hydroxylation sites is 2. The van der Waals surface area contributed by atoms with E-state index in [-0.39, 0.29) is 0 Å². The largest absolute Gasteiger partial charge is 0.465 e. The van der Waals surface area contributed by atoms with Gasteiger partial charge in [-0.05, 0) is 52.3 Å². The maximum Gasteiger partial charge on any atom is 0.294 e. The zero-order valence-corrected chi connectivity index (χ0v) is 21.0. The molecule has 0 radical (unpaired) electrons. The number of aliphatic imine (C=N–C) groups is 1. The zero-order chi connectivity index (χ0) is 23.1. The predicted octanol–water partition coefficient (Wildman–Crippen LogP) is 8.71. The molecular formula is C28H42N2O. The molecule has 31 heavy (non-hydrogen) atoms. The highest BCUT2D eigenvalue weighted by Crippen LogP contribution is 2.36. The van der Waals surface area contributed by atoms with E-state index in [2.05, 4.69) is 104 Å². The topological polar surface area (TPSA) is 33.6 Å². The van der Waals surface area contributed by atoms with Crippen LogP contribution in [0.4, 0.5) is 11.4 Å². The van der Waals surface area contributed by atoms with Crippen molar-refractivity contribution >= 4 is 17.4 Å². The summed E-state index contributed by atoms with van der Waals surface area (Å²) in [5.41, 5.74) is 7.27. The highest BCUT2D eigenvalue weighted by atomic mass is 16.5. The minimum absolute atomic E-state index is 0.388.